The highest BCUT2D eigenvalue weighted by atomic mass is 19.1. The molecule has 1 heterocycles. The molecule has 5 heteroatoms. The molecule has 1 aromatic rings. The number of carbonyl (C=O) groups excluding carboxylic acids is 1. The number of amides is 1. The summed E-state index contributed by atoms with van der Waals surface area (Å²) in [7, 11) is 0. The zero-order valence-corrected chi connectivity index (χ0v) is 10.2. The van der Waals surface area contributed by atoms with Gasteiger partial charge in [-0.1, -0.05) is 0 Å². The third-order valence-corrected chi connectivity index (χ3v) is 2.96. The standard InChI is InChI=1S/C13H16FNO3/c1-9-4-10(6-11(14)5-9)12(16)15-7-13(17)2-3-18-8-13/h4-6,17H,2-3,7-8H2,1H3,(H,15,16). The van der Waals surface area contributed by atoms with Crippen LogP contribution in [-0.2, 0) is 4.74 Å². The first-order chi connectivity index (χ1) is 8.48. The highest BCUT2D eigenvalue weighted by Crippen LogP contribution is 2.17. The van der Waals surface area contributed by atoms with Crippen molar-refractivity contribution in [1.82, 2.24) is 5.32 Å². The summed E-state index contributed by atoms with van der Waals surface area (Å²) >= 11 is 0. The Morgan fingerprint density at radius 2 is 2.33 bits per heavy atom. The van der Waals surface area contributed by atoms with Crippen LogP contribution in [0.1, 0.15) is 22.3 Å². The number of hydrogen-bond acceptors (Lipinski definition) is 3. The molecule has 1 saturated heterocycles. The molecule has 1 fully saturated rings. The number of carbonyl (C=O) groups is 1. The largest absolute Gasteiger partial charge is 0.386 e. The first-order valence-electron chi connectivity index (χ1n) is 5.84. The molecule has 98 valence electrons. The maximum Gasteiger partial charge on any atom is 0.251 e. The van der Waals surface area contributed by atoms with Crippen molar-refractivity contribution < 1.29 is 19.0 Å². The monoisotopic (exact) mass is 253 g/mol. The minimum absolute atomic E-state index is 0.112. The van der Waals surface area contributed by atoms with E-state index in [1.807, 2.05) is 0 Å². The van der Waals surface area contributed by atoms with Crippen LogP contribution in [0, 0.1) is 12.7 Å². The van der Waals surface area contributed by atoms with E-state index in [9.17, 15) is 14.3 Å². The van der Waals surface area contributed by atoms with Gasteiger partial charge in [0.15, 0.2) is 0 Å². The van der Waals surface area contributed by atoms with Gasteiger partial charge in [0.1, 0.15) is 11.4 Å². The van der Waals surface area contributed by atoms with Gasteiger partial charge in [0.05, 0.1) is 6.61 Å². The van der Waals surface area contributed by atoms with Gasteiger partial charge in [-0.25, -0.2) is 4.39 Å². The number of hydrogen-bond donors (Lipinski definition) is 2. The van der Waals surface area contributed by atoms with Crippen LogP contribution in [-0.4, -0.2) is 36.4 Å². The number of ether oxygens (including phenoxy) is 1. The summed E-state index contributed by atoms with van der Waals surface area (Å²) in [4.78, 5) is 11.8. The van der Waals surface area contributed by atoms with Crippen LogP contribution in [0.15, 0.2) is 18.2 Å². The van der Waals surface area contributed by atoms with Crippen LogP contribution in [0.4, 0.5) is 4.39 Å². The second-order valence-corrected chi connectivity index (χ2v) is 4.73. The molecule has 2 N–H and O–H groups in total. The van der Waals surface area contributed by atoms with Crippen LogP contribution in [0.25, 0.3) is 0 Å². The van der Waals surface area contributed by atoms with E-state index in [1.165, 1.54) is 12.1 Å². The third-order valence-electron chi connectivity index (χ3n) is 2.96. The number of aryl methyl sites for hydroxylation is 1. The molecule has 1 aliphatic rings. The van der Waals surface area contributed by atoms with Crippen molar-refractivity contribution in [3.63, 3.8) is 0 Å². The average molecular weight is 253 g/mol. The summed E-state index contributed by atoms with van der Waals surface area (Å²) in [5.74, 6) is -0.832. The molecule has 0 saturated carbocycles. The van der Waals surface area contributed by atoms with Crippen LogP contribution in [0.2, 0.25) is 0 Å². The zero-order chi connectivity index (χ0) is 13.2. The number of rotatable bonds is 3. The van der Waals surface area contributed by atoms with Crippen molar-refractivity contribution in [2.75, 3.05) is 19.8 Å². The van der Waals surface area contributed by atoms with Gasteiger partial charge in [-0.15, -0.1) is 0 Å². The molecule has 0 aliphatic carbocycles. The first kappa shape index (κ1) is 13.0. The van der Waals surface area contributed by atoms with Crippen molar-refractivity contribution in [2.45, 2.75) is 18.9 Å². The number of aliphatic hydroxyl groups is 1. The maximum absolute atomic E-state index is 13.2. The van der Waals surface area contributed by atoms with Crippen LogP contribution >= 0.6 is 0 Å². The molecule has 0 spiro atoms. The fourth-order valence-corrected chi connectivity index (χ4v) is 1.95. The van der Waals surface area contributed by atoms with Gasteiger partial charge in [0.25, 0.3) is 5.91 Å². The Kier molecular flexibility index (Phi) is 3.63. The lowest BCUT2D eigenvalue weighted by molar-refractivity contribution is 0.0264. The van der Waals surface area contributed by atoms with E-state index >= 15 is 0 Å². The summed E-state index contributed by atoms with van der Waals surface area (Å²) in [6.07, 6.45) is 0.495. The van der Waals surface area contributed by atoms with Crippen LogP contribution < -0.4 is 5.32 Å². The normalized spacial score (nSPS) is 23.1. The van der Waals surface area contributed by atoms with Gasteiger partial charge in [0.2, 0.25) is 0 Å². The van der Waals surface area contributed by atoms with Gasteiger partial charge in [-0.3, -0.25) is 4.79 Å². The topological polar surface area (TPSA) is 58.6 Å². The Bertz CT molecular complexity index is 435. The molecule has 2 rings (SSSR count). The van der Waals surface area contributed by atoms with E-state index in [1.54, 1.807) is 13.0 Å². The minimum atomic E-state index is -1.00. The van der Waals surface area contributed by atoms with Crippen molar-refractivity contribution in [2.24, 2.45) is 0 Å². The summed E-state index contributed by atoms with van der Waals surface area (Å²) in [5.41, 5.74) is -0.0593. The summed E-state index contributed by atoms with van der Waals surface area (Å²) in [5, 5.41) is 12.6. The quantitative estimate of drug-likeness (QED) is 0.845. The molecule has 1 aromatic carbocycles. The Morgan fingerprint density at radius 1 is 1.56 bits per heavy atom. The summed E-state index contributed by atoms with van der Waals surface area (Å²) in [6.45, 7) is 2.54. The lowest BCUT2D eigenvalue weighted by atomic mass is 10.0. The third kappa shape index (κ3) is 3.05. The van der Waals surface area contributed by atoms with Crippen LogP contribution in [0.3, 0.4) is 0 Å². The number of benzene rings is 1. The predicted octanol–water partition coefficient (Wildman–Crippen LogP) is 1.02. The van der Waals surface area contributed by atoms with Gasteiger partial charge in [-0.2, -0.15) is 0 Å². The lowest BCUT2D eigenvalue weighted by Crippen LogP contribution is -2.43. The minimum Gasteiger partial charge on any atom is -0.386 e. The predicted molar refractivity (Wildman–Crippen MR) is 63.9 cm³/mol. The van der Waals surface area contributed by atoms with E-state index in [-0.39, 0.29) is 18.7 Å². The van der Waals surface area contributed by atoms with E-state index in [0.717, 1.165) is 0 Å². The first-order valence-corrected chi connectivity index (χ1v) is 5.84. The van der Waals surface area contributed by atoms with E-state index in [4.69, 9.17) is 4.74 Å². The zero-order valence-electron chi connectivity index (χ0n) is 10.2. The molecule has 1 unspecified atom stereocenters. The molecule has 0 aromatic heterocycles. The van der Waals surface area contributed by atoms with E-state index in [2.05, 4.69) is 5.32 Å². The molecular formula is C13H16FNO3. The van der Waals surface area contributed by atoms with Crippen molar-refractivity contribution >= 4 is 5.91 Å². The molecule has 4 nitrogen and oxygen atoms in total. The molecule has 1 atom stereocenters. The van der Waals surface area contributed by atoms with Crippen LogP contribution in [0.5, 0.6) is 0 Å². The summed E-state index contributed by atoms with van der Waals surface area (Å²) < 4.78 is 18.2. The van der Waals surface area contributed by atoms with Crippen molar-refractivity contribution in [1.29, 1.82) is 0 Å². The lowest BCUT2D eigenvalue weighted by Gasteiger charge is -2.20. The SMILES string of the molecule is Cc1cc(F)cc(C(=O)NCC2(O)CCOC2)c1. The van der Waals surface area contributed by atoms with E-state index < -0.39 is 17.3 Å². The Balaban J connectivity index is 1.99. The smallest absolute Gasteiger partial charge is 0.251 e. The number of halogens is 1. The van der Waals surface area contributed by atoms with Crippen molar-refractivity contribution in [3.8, 4) is 0 Å². The highest BCUT2D eigenvalue weighted by Gasteiger charge is 2.32. The maximum atomic E-state index is 13.2. The van der Waals surface area contributed by atoms with E-state index in [0.29, 0.717) is 18.6 Å². The Hall–Kier alpha value is -1.46. The fourth-order valence-electron chi connectivity index (χ4n) is 1.95. The van der Waals surface area contributed by atoms with Gasteiger partial charge >= 0.3 is 0 Å². The second kappa shape index (κ2) is 5.04. The molecule has 0 radical (unpaired) electrons. The fraction of sp³-hybridized carbons (Fsp3) is 0.462. The summed E-state index contributed by atoms with van der Waals surface area (Å²) in [6, 6.07) is 4.14. The van der Waals surface area contributed by atoms with Gasteiger partial charge in [0, 0.05) is 25.1 Å². The molecule has 18 heavy (non-hydrogen) atoms. The Labute approximate surface area is 105 Å². The molecular weight excluding hydrogens is 237 g/mol. The van der Waals surface area contributed by atoms with Crippen molar-refractivity contribution in [3.05, 3.63) is 35.1 Å². The second-order valence-electron chi connectivity index (χ2n) is 4.73. The Morgan fingerprint density at radius 3 is 2.94 bits per heavy atom. The molecule has 0 bridgehead atoms. The average Bonchev–Trinajstić information content (AvgIpc) is 2.72. The van der Waals surface area contributed by atoms with Gasteiger partial charge in [-0.05, 0) is 30.7 Å². The highest BCUT2D eigenvalue weighted by molar-refractivity contribution is 5.94. The van der Waals surface area contributed by atoms with Gasteiger partial charge < -0.3 is 15.2 Å². The number of nitrogens with one attached hydrogen (secondary N) is 1. The molecule has 1 amide bonds. The molecule has 1 aliphatic heterocycles.